The second-order valence-corrected chi connectivity index (χ2v) is 4.79. The van der Waals surface area contributed by atoms with Crippen molar-refractivity contribution in [3.63, 3.8) is 0 Å². The molecule has 16 heavy (non-hydrogen) atoms. The molecule has 0 spiro atoms. The average Bonchev–Trinajstić information content (AvgIpc) is 2.24. The first-order valence-electron chi connectivity index (χ1n) is 5.18. The van der Waals surface area contributed by atoms with E-state index < -0.39 is 5.51 Å². The van der Waals surface area contributed by atoms with Gasteiger partial charge in [-0.25, -0.2) is 0 Å². The van der Waals surface area contributed by atoms with Crippen molar-refractivity contribution in [1.29, 1.82) is 0 Å². The largest absolute Gasteiger partial charge is 0.441 e. The normalized spacial score (nSPS) is 21.8. The summed E-state index contributed by atoms with van der Waals surface area (Å²) in [6.45, 7) is 1.60. The fourth-order valence-corrected chi connectivity index (χ4v) is 2.00. The maximum Gasteiger partial charge on any atom is 0.441 e. The molecule has 1 unspecified atom stereocenters. The van der Waals surface area contributed by atoms with Crippen LogP contribution in [-0.2, 0) is 4.79 Å². The molecule has 2 N–H and O–H groups in total. The van der Waals surface area contributed by atoms with Gasteiger partial charge in [0.15, 0.2) is 0 Å². The Morgan fingerprint density at radius 3 is 2.81 bits per heavy atom. The van der Waals surface area contributed by atoms with Gasteiger partial charge in [0.25, 0.3) is 0 Å². The number of carbonyl (C=O) groups is 1. The number of hydrogen-bond donors (Lipinski definition) is 2. The summed E-state index contributed by atoms with van der Waals surface area (Å²) in [5.74, 6) is -0.366. The van der Waals surface area contributed by atoms with Gasteiger partial charge in [0, 0.05) is 18.8 Å². The van der Waals surface area contributed by atoms with Crippen molar-refractivity contribution < 1.29 is 18.0 Å². The molecule has 1 rings (SSSR count). The molecule has 0 aromatic carbocycles. The third-order valence-corrected chi connectivity index (χ3v) is 3.07. The van der Waals surface area contributed by atoms with Crippen LogP contribution >= 0.6 is 11.8 Å². The quantitative estimate of drug-likeness (QED) is 0.746. The Balaban J connectivity index is 2.10. The van der Waals surface area contributed by atoms with E-state index in [2.05, 4.69) is 10.6 Å². The zero-order chi connectivity index (χ0) is 12.0. The Bertz CT molecular complexity index is 229. The van der Waals surface area contributed by atoms with Crippen LogP contribution in [0.25, 0.3) is 0 Å². The third-order valence-electron chi connectivity index (χ3n) is 2.33. The molecule has 1 aliphatic heterocycles. The van der Waals surface area contributed by atoms with E-state index in [-0.39, 0.29) is 35.9 Å². The number of piperidine rings is 1. The van der Waals surface area contributed by atoms with Crippen LogP contribution in [0.15, 0.2) is 0 Å². The van der Waals surface area contributed by atoms with Gasteiger partial charge in [-0.05, 0) is 31.1 Å². The monoisotopic (exact) mass is 256 g/mol. The number of halogens is 3. The van der Waals surface area contributed by atoms with Crippen LogP contribution in [0.2, 0.25) is 0 Å². The van der Waals surface area contributed by atoms with Gasteiger partial charge in [-0.1, -0.05) is 0 Å². The molecule has 0 radical (unpaired) electrons. The van der Waals surface area contributed by atoms with Crippen LogP contribution in [0.3, 0.4) is 0 Å². The second-order valence-electron chi connectivity index (χ2n) is 3.63. The van der Waals surface area contributed by atoms with Gasteiger partial charge in [-0.2, -0.15) is 13.2 Å². The Kier molecular flexibility index (Phi) is 5.40. The van der Waals surface area contributed by atoms with Crippen LogP contribution in [0, 0.1) is 5.92 Å². The van der Waals surface area contributed by atoms with Crippen molar-refractivity contribution in [1.82, 2.24) is 10.6 Å². The Morgan fingerprint density at radius 2 is 2.25 bits per heavy atom. The van der Waals surface area contributed by atoms with E-state index in [4.69, 9.17) is 0 Å². The van der Waals surface area contributed by atoms with Gasteiger partial charge in [0.1, 0.15) is 0 Å². The van der Waals surface area contributed by atoms with E-state index in [1.54, 1.807) is 0 Å². The van der Waals surface area contributed by atoms with Crippen molar-refractivity contribution in [2.24, 2.45) is 5.92 Å². The molecule has 1 heterocycles. The molecule has 1 aliphatic rings. The van der Waals surface area contributed by atoms with Gasteiger partial charge >= 0.3 is 5.51 Å². The summed E-state index contributed by atoms with van der Waals surface area (Å²) in [6.07, 6.45) is 1.75. The first-order chi connectivity index (χ1) is 7.49. The number of alkyl halides is 3. The number of carbonyl (C=O) groups excluding carboxylic acids is 1. The Hall–Kier alpha value is -0.430. The molecule has 0 bridgehead atoms. The van der Waals surface area contributed by atoms with Gasteiger partial charge in [0.05, 0.1) is 5.92 Å². The van der Waals surface area contributed by atoms with E-state index in [0.29, 0.717) is 6.54 Å². The molecule has 1 amide bonds. The smallest absolute Gasteiger partial charge is 0.355 e. The lowest BCUT2D eigenvalue weighted by atomic mass is 9.99. The van der Waals surface area contributed by atoms with E-state index in [1.165, 1.54) is 0 Å². The summed E-state index contributed by atoms with van der Waals surface area (Å²) in [4.78, 5) is 11.5. The lowest BCUT2D eigenvalue weighted by Gasteiger charge is -2.21. The highest BCUT2D eigenvalue weighted by atomic mass is 32.2. The third kappa shape index (κ3) is 5.60. The van der Waals surface area contributed by atoms with Crippen molar-refractivity contribution in [3.05, 3.63) is 0 Å². The molecule has 0 aromatic heterocycles. The van der Waals surface area contributed by atoms with E-state index in [9.17, 15) is 18.0 Å². The minimum Gasteiger partial charge on any atom is -0.355 e. The second kappa shape index (κ2) is 6.34. The van der Waals surface area contributed by atoms with Crippen molar-refractivity contribution in [2.45, 2.75) is 18.3 Å². The van der Waals surface area contributed by atoms with Crippen LogP contribution in [0.5, 0.6) is 0 Å². The van der Waals surface area contributed by atoms with Crippen LogP contribution in [-0.4, -0.2) is 36.8 Å². The fraction of sp³-hybridized carbons (Fsp3) is 0.889. The SMILES string of the molecule is O=C(NCCSC(F)(F)F)C1CCCNC1. The van der Waals surface area contributed by atoms with Crippen LogP contribution < -0.4 is 10.6 Å². The zero-order valence-corrected chi connectivity index (χ0v) is 9.59. The fourth-order valence-electron chi connectivity index (χ4n) is 1.56. The predicted octanol–water partition coefficient (Wildman–Crippen LogP) is 1.36. The topological polar surface area (TPSA) is 41.1 Å². The number of amides is 1. The number of nitrogens with one attached hydrogen (secondary N) is 2. The minimum absolute atomic E-state index is 0.0690. The number of hydrogen-bond acceptors (Lipinski definition) is 3. The molecule has 1 fully saturated rings. The molecule has 1 atom stereocenters. The minimum atomic E-state index is -4.21. The standard InChI is InChI=1S/C9H15F3N2OS/c10-9(11,12)16-5-4-14-8(15)7-2-1-3-13-6-7/h7,13H,1-6H2,(H,14,15). The summed E-state index contributed by atoms with van der Waals surface area (Å²) < 4.78 is 35.3. The first kappa shape index (κ1) is 13.6. The molecular formula is C9H15F3N2OS. The van der Waals surface area contributed by atoms with E-state index in [0.717, 1.165) is 19.4 Å². The summed E-state index contributed by atoms with van der Waals surface area (Å²) in [5.41, 5.74) is -4.21. The lowest BCUT2D eigenvalue weighted by molar-refractivity contribution is -0.125. The Morgan fingerprint density at radius 1 is 1.50 bits per heavy atom. The molecule has 1 saturated heterocycles. The van der Waals surface area contributed by atoms with E-state index >= 15 is 0 Å². The maximum atomic E-state index is 11.8. The summed E-state index contributed by atoms with van der Waals surface area (Å²) in [7, 11) is 0. The highest BCUT2D eigenvalue weighted by Crippen LogP contribution is 2.29. The highest BCUT2D eigenvalue weighted by Gasteiger charge is 2.27. The Labute approximate surface area is 96.5 Å². The number of rotatable bonds is 4. The van der Waals surface area contributed by atoms with E-state index in [1.807, 2.05) is 0 Å². The lowest BCUT2D eigenvalue weighted by Crippen LogP contribution is -2.41. The summed E-state index contributed by atoms with van der Waals surface area (Å²) in [6, 6.07) is 0. The summed E-state index contributed by atoms with van der Waals surface area (Å²) in [5, 5.41) is 5.61. The van der Waals surface area contributed by atoms with Gasteiger partial charge in [0.2, 0.25) is 5.91 Å². The van der Waals surface area contributed by atoms with Crippen LogP contribution in [0.4, 0.5) is 13.2 Å². The number of thioether (sulfide) groups is 1. The van der Waals surface area contributed by atoms with Gasteiger partial charge in [-0.3, -0.25) is 4.79 Å². The molecule has 94 valence electrons. The molecule has 0 saturated carbocycles. The molecular weight excluding hydrogens is 241 g/mol. The summed E-state index contributed by atoms with van der Waals surface area (Å²) >= 11 is -0.108. The highest BCUT2D eigenvalue weighted by molar-refractivity contribution is 8.00. The van der Waals surface area contributed by atoms with Crippen molar-refractivity contribution >= 4 is 17.7 Å². The van der Waals surface area contributed by atoms with Crippen LogP contribution in [0.1, 0.15) is 12.8 Å². The molecule has 0 aliphatic carbocycles. The van der Waals surface area contributed by atoms with Gasteiger partial charge < -0.3 is 10.6 Å². The van der Waals surface area contributed by atoms with Gasteiger partial charge in [-0.15, -0.1) is 0 Å². The zero-order valence-electron chi connectivity index (χ0n) is 8.77. The van der Waals surface area contributed by atoms with Crippen molar-refractivity contribution in [2.75, 3.05) is 25.4 Å². The molecule has 7 heteroatoms. The molecule has 0 aromatic rings. The molecule has 3 nitrogen and oxygen atoms in total. The first-order valence-corrected chi connectivity index (χ1v) is 6.17. The average molecular weight is 256 g/mol. The predicted molar refractivity (Wildman–Crippen MR) is 57.1 cm³/mol. The van der Waals surface area contributed by atoms with Crippen molar-refractivity contribution in [3.8, 4) is 0 Å². The maximum absolute atomic E-state index is 11.8.